The molecule has 0 bridgehead atoms. The molecule has 0 fully saturated rings. The first-order valence-electron chi connectivity index (χ1n) is 5.84. The normalized spacial score (nSPS) is 17.9. The number of rotatable bonds is 2. The first-order chi connectivity index (χ1) is 8.45. The molecule has 1 heterocycles. The maximum Gasteiger partial charge on any atom is 0.249 e. The van der Waals surface area contributed by atoms with Crippen molar-refractivity contribution in [2.75, 3.05) is 18.5 Å². The Hall–Kier alpha value is -1.88. The Morgan fingerprint density at radius 3 is 2.72 bits per heavy atom. The number of aryl methyl sites for hydroxylation is 2. The molecule has 0 saturated heterocycles. The van der Waals surface area contributed by atoms with E-state index in [4.69, 9.17) is 5.73 Å². The minimum atomic E-state index is -0.664. The average molecular weight is 247 g/mol. The number of amides is 2. The highest BCUT2D eigenvalue weighted by atomic mass is 16.2. The molecule has 1 unspecified atom stereocenters. The first-order valence-corrected chi connectivity index (χ1v) is 5.84. The highest BCUT2D eigenvalue weighted by Gasteiger charge is 2.36. The van der Waals surface area contributed by atoms with E-state index in [1.807, 2.05) is 26.0 Å². The van der Waals surface area contributed by atoms with Crippen LogP contribution in [-0.4, -0.2) is 25.4 Å². The Bertz CT molecular complexity index is 525. The molecule has 0 spiro atoms. The fraction of sp³-hybridized carbons (Fsp3) is 0.385. The Morgan fingerprint density at radius 2 is 2.11 bits per heavy atom. The Kier molecular flexibility index (Phi) is 3.09. The van der Waals surface area contributed by atoms with E-state index in [2.05, 4.69) is 5.32 Å². The zero-order valence-electron chi connectivity index (χ0n) is 10.8. The average Bonchev–Trinajstić information content (AvgIpc) is 2.54. The molecule has 2 rings (SSSR count). The van der Waals surface area contributed by atoms with Crippen molar-refractivity contribution >= 4 is 17.5 Å². The van der Waals surface area contributed by atoms with E-state index < -0.39 is 6.04 Å². The summed E-state index contributed by atoms with van der Waals surface area (Å²) in [6, 6.07) is 3.23. The van der Waals surface area contributed by atoms with Gasteiger partial charge in [0.25, 0.3) is 0 Å². The largest absolute Gasteiger partial charge is 0.358 e. The first kappa shape index (κ1) is 12.6. The van der Waals surface area contributed by atoms with Gasteiger partial charge in [-0.25, -0.2) is 0 Å². The van der Waals surface area contributed by atoms with E-state index in [0.717, 1.165) is 22.4 Å². The van der Waals surface area contributed by atoms with Crippen molar-refractivity contribution in [1.29, 1.82) is 0 Å². The van der Waals surface area contributed by atoms with Gasteiger partial charge >= 0.3 is 0 Å². The molecule has 5 nitrogen and oxygen atoms in total. The number of carbonyl (C=O) groups excluding carboxylic acids is 2. The van der Waals surface area contributed by atoms with Crippen molar-refractivity contribution in [3.63, 3.8) is 0 Å². The van der Waals surface area contributed by atoms with Crippen LogP contribution in [0.1, 0.15) is 22.7 Å². The van der Waals surface area contributed by atoms with Crippen LogP contribution >= 0.6 is 0 Å². The summed E-state index contributed by atoms with van der Waals surface area (Å²) in [7, 11) is 1.55. The van der Waals surface area contributed by atoms with Gasteiger partial charge in [0.1, 0.15) is 12.6 Å². The fourth-order valence-electron chi connectivity index (χ4n) is 2.39. The van der Waals surface area contributed by atoms with Gasteiger partial charge in [0.05, 0.1) is 5.69 Å². The van der Waals surface area contributed by atoms with Gasteiger partial charge in [-0.2, -0.15) is 0 Å². The molecule has 0 radical (unpaired) electrons. The van der Waals surface area contributed by atoms with Crippen LogP contribution in [0.4, 0.5) is 5.69 Å². The quantitative estimate of drug-likeness (QED) is 0.794. The molecule has 96 valence electrons. The predicted octanol–water partition coefficient (Wildman–Crippen LogP) is 0.396. The molecule has 0 aliphatic carbocycles. The molecule has 1 atom stereocenters. The van der Waals surface area contributed by atoms with Gasteiger partial charge in [0.2, 0.25) is 11.8 Å². The fourth-order valence-corrected chi connectivity index (χ4v) is 2.39. The second-order valence-electron chi connectivity index (χ2n) is 4.59. The molecule has 3 N–H and O–H groups in total. The smallest absolute Gasteiger partial charge is 0.249 e. The highest BCUT2D eigenvalue weighted by molar-refractivity contribution is 6.08. The van der Waals surface area contributed by atoms with Crippen molar-refractivity contribution in [2.24, 2.45) is 5.73 Å². The lowest BCUT2D eigenvalue weighted by molar-refractivity contribution is -0.123. The van der Waals surface area contributed by atoms with Crippen LogP contribution in [0.2, 0.25) is 0 Å². The summed E-state index contributed by atoms with van der Waals surface area (Å²) < 4.78 is 0. The summed E-state index contributed by atoms with van der Waals surface area (Å²) in [4.78, 5) is 25.0. The standard InChI is InChI=1S/C13H17N3O2/c1-7-4-8(2)12-9(5-7)11(14)13(18)16(12)6-10(17)15-3/h4-5,11H,6,14H2,1-3H3,(H,15,17). The van der Waals surface area contributed by atoms with Crippen molar-refractivity contribution in [3.8, 4) is 0 Å². The lowest BCUT2D eigenvalue weighted by Gasteiger charge is -2.18. The minimum Gasteiger partial charge on any atom is -0.358 e. The lowest BCUT2D eigenvalue weighted by atomic mass is 10.0. The molecular weight excluding hydrogens is 230 g/mol. The summed E-state index contributed by atoms with van der Waals surface area (Å²) in [5.41, 5.74) is 9.53. The molecule has 1 aliphatic heterocycles. The maximum atomic E-state index is 12.1. The summed E-state index contributed by atoms with van der Waals surface area (Å²) in [5, 5.41) is 2.52. The number of nitrogens with one attached hydrogen (secondary N) is 1. The Labute approximate surface area is 106 Å². The van der Waals surface area contributed by atoms with Crippen LogP contribution in [-0.2, 0) is 9.59 Å². The lowest BCUT2D eigenvalue weighted by Crippen LogP contribution is -2.39. The summed E-state index contributed by atoms with van der Waals surface area (Å²) >= 11 is 0. The zero-order valence-corrected chi connectivity index (χ0v) is 10.8. The van der Waals surface area contributed by atoms with Gasteiger partial charge in [-0.1, -0.05) is 17.7 Å². The number of fused-ring (bicyclic) bond motifs is 1. The second-order valence-corrected chi connectivity index (χ2v) is 4.59. The Balaban J connectivity index is 2.48. The second kappa shape index (κ2) is 4.42. The maximum absolute atomic E-state index is 12.1. The number of hydrogen-bond donors (Lipinski definition) is 2. The monoisotopic (exact) mass is 247 g/mol. The van der Waals surface area contributed by atoms with Crippen LogP contribution in [0, 0.1) is 13.8 Å². The van der Waals surface area contributed by atoms with Gasteiger partial charge < -0.3 is 16.0 Å². The molecule has 18 heavy (non-hydrogen) atoms. The van der Waals surface area contributed by atoms with E-state index in [1.54, 1.807) is 7.05 Å². The van der Waals surface area contributed by atoms with E-state index in [9.17, 15) is 9.59 Å². The number of anilines is 1. The van der Waals surface area contributed by atoms with Crippen LogP contribution in [0.5, 0.6) is 0 Å². The van der Waals surface area contributed by atoms with Crippen LogP contribution in [0.15, 0.2) is 12.1 Å². The van der Waals surface area contributed by atoms with Crippen LogP contribution in [0.3, 0.4) is 0 Å². The van der Waals surface area contributed by atoms with Gasteiger partial charge in [0, 0.05) is 12.6 Å². The van der Waals surface area contributed by atoms with Gasteiger partial charge in [-0.05, 0) is 19.4 Å². The molecule has 0 aromatic heterocycles. The van der Waals surface area contributed by atoms with E-state index >= 15 is 0 Å². The Morgan fingerprint density at radius 1 is 1.44 bits per heavy atom. The van der Waals surface area contributed by atoms with Gasteiger partial charge in [0.15, 0.2) is 0 Å². The molecule has 2 amide bonds. The molecule has 1 aromatic carbocycles. The molecular formula is C13H17N3O2. The van der Waals surface area contributed by atoms with Gasteiger partial charge in [-0.15, -0.1) is 0 Å². The number of carbonyl (C=O) groups is 2. The van der Waals surface area contributed by atoms with Crippen LogP contribution < -0.4 is 16.0 Å². The summed E-state index contributed by atoms with van der Waals surface area (Å²) in [5.74, 6) is -0.425. The summed E-state index contributed by atoms with van der Waals surface area (Å²) in [6.07, 6.45) is 0. The third-order valence-corrected chi connectivity index (χ3v) is 3.19. The summed E-state index contributed by atoms with van der Waals surface area (Å²) in [6.45, 7) is 3.90. The minimum absolute atomic E-state index is 0.0138. The van der Waals surface area contributed by atoms with Crippen molar-refractivity contribution in [1.82, 2.24) is 5.32 Å². The number of nitrogens with two attached hydrogens (primary N) is 1. The van der Waals surface area contributed by atoms with Crippen molar-refractivity contribution < 1.29 is 9.59 Å². The zero-order chi connectivity index (χ0) is 13.4. The molecule has 0 saturated carbocycles. The molecule has 1 aromatic rings. The van der Waals surface area contributed by atoms with Gasteiger partial charge in [-0.3, -0.25) is 9.59 Å². The van der Waals surface area contributed by atoms with Crippen molar-refractivity contribution in [2.45, 2.75) is 19.9 Å². The molecule has 1 aliphatic rings. The third kappa shape index (κ3) is 1.86. The van der Waals surface area contributed by atoms with E-state index in [-0.39, 0.29) is 18.4 Å². The van der Waals surface area contributed by atoms with Crippen LogP contribution in [0.25, 0.3) is 0 Å². The number of benzene rings is 1. The number of nitrogens with zero attached hydrogens (tertiary/aromatic N) is 1. The van der Waals surface area contributed by atoms with E-state index in [0.29, 0.717) is 0 Å². The number of likely N-dealkylation sites (N-methyl/N-ethyl adjacent to an activating group) is 1. The highest BCUT2D eigenvalue weighted by Crippen LogP contribution is 2.37. The third-order valence-electron chi connectivity index (χ3n) is 3.19. The number of hydrogen-bond acceptors (Lipinski definition) is 3. The van der Waals surface area contributed by atoms with E-state index in [1.165, 1.54) is 4.90 Å². The molecule has 5 heteroatoms. The predicted molar refractivity (Wildman–Crippen MR) is 69.3 cm³/mol. The SMILES string of the molecule is CNC(=O)CN1C(=O)C(N)c2cc(C)cc(C)c21. The van der Waals surface area contributed by atoms with Crippen molar-refractivity contribution in [3.05, 3.63) is 28.8 Å². The topological polar surface area (TPSA) is 75.4 Å².